The Hall–Kier alpha value is -4.86. The van der Waals surface area contributed by atoms with Crippen molar-refractivity contribution in [2.24, 2.45) is 0 Å². The van der Waals surface area contributed by atoms with Crippen LogP contribution >= 0.6 is 0 Å². The van der Waals surface area contributed by atoms with Gasteiger partial charge in [0, 0.05) is 11.1 Å². The van der Waals surface area contributed by atoms with Gasteiger partial charge in [0.05, 0.1) is 17.1 Å². The van der Waals surface area contributed by atoms with Crippen molar-refractivity contribution >= 4 is 11.4 Å². The zero-order chi connectivity index (χ0) is 25.4. The predicted molar refractivity (Wildman–Crippen MR) is 142 cm³/mol. The highest BCUT2D eigenvalue weighted by Crippen LogP contribution is 2.36. The van der Waals surface area contributed by atoms with E-state index >= 15 is 0 Å². The highest BCUT2D eigenvalue weighted by molar-refractivity contribution is 5.80. The number of fused-ring (bicyclic) bond motifs is 1. The van der Waals surface area contributed by atoms with Crippen molar-refractivity contribution in [1.29, 1.82) is 0 Å². The first-order valence-electron chi connectivity index (χ1n) is 12.2. The fraction of sp³-hybridized carbons (Fsp3) is 0.185. The maximum absolute atomic E-state index is 13.3. The van der Waals surface area contributed by atoms with Gasteiger partial charge in [-0.3, -0.25) is 20.7 Å². The lowest BCUT2D eigenvalue weighted by Gasteiger charge is -2.16. The second-order valence-corrected chi connectivity index (χ2v) is 9.18. The summed E-state index contributed by atoms with van der Waals surface area (Å²) in [4.78, 5) is 13.3. The SMILES string of the molecule is Cc1[nH]n(-c2ccc3c(c2)CCCC3)c(=O)c1NNc1cccc(-c2cccc(-c3nn[nH]n3)c2)c1O. The van der Waals surface area contributed by atoms with Gasteiger partial charge in [0.15, 0.2) is 0 Å². The van der Waals surface area contributed by atoms with Crippen molar-refractivity contribution in [2.45, 2.75) is 32.6 Å². The number of H-pyrrole nitrogens is 2. The Morgan fingerprint density at radius 3 is 2.59 bits per heavy atom. The van der Waals surface area contributed by atoms with E-state index in [0.717, 1.165) is 29.7 Å². The zero-order valence-corrected chi connectivity index (χ0v) is 20.2. The molecule has 5 N–H and O–H groups in total. The lowest BCUT2D eigenvalue weighted by Crippen LogP contribution is -2.21. The summed E-state index contributed by atoms with van der Waals surface area (Å²) in [7, 11) is 0. The van der Waals surface area contributed by atoms with Crippen LogP contribution in [0.5, 0.6) is 5.75 Å². The monoisotopic (exact) mass is 494 g/mol. The summed E-state index contributed by atoms with van der Waals surface area (Å²) >= 11 is 0. The number of phenols is 1. The first kappa shape index (κ1) is 22.6. The maximum atomic E-state index is 13.3. The van der Waals surface area contributed by atoms with E-state index < -0.39 is 0 Å². The number of phenolic OH excluding ortho intramolecular Hbond substituents is 1. The van der Waals surface area contributed by atoms with Gasteiger partial charge >= 0.3 is 0 Å². The van der Waals surface area contributed by atoms with Crippen LogP contribution in [0.25, 0.3) is 28.2 Å². The third-order valence-corrected chi connectivity index (χ3v) is 6.80. The zero-order valence-electron chi connectivity index (χ0n) is 20.2. The van der Waals surface area contributed by atoms with E-state index in [2.05, 4.69) is 48.7 Å². The Morgan fingerprint density at radius 1 is 0.946 bits per heavy atom. The number of para-hydroxylation sites is 1. The first-order chi connectivity index (χ1) is 18.1. The van der Waals surface area contributed by atoms with Gasteiger partial charge in [-0.05, 0) is 78.8 Å². The molecule has 37 heavy (non-hydrogen) atoms. The Kier molecular flexibility index (Phi) is 5.68. The molecule has 0 unspecified atom stereocenters. The number of hydrogen-bond acceptors (Lipinski definition) is 7. The lowest BCUT2D eigenvalue weighted by atomic mass is 9.91. The molecule has 0 radical (unpaired) electrons. The number of aromatic nitrogens is 6. The maximum Gasteiger partial charge on any atom is 0.296 e. The van der Waals surface area contributed by atoms with Crippen molar-refractivity contribution in [2.75, 3.05) is 10.9 Å². The molecule has 6 rings (SSSR count). The van der Waals surface area contributed by atoms with Crippen LogP contribution in [-0.2, 0) is 12.8 Å². The highest BCUT2D eigenvalue weighted by atomic mass is 16.3. The van der Waals surface area contributed by atoms with Crippen LogP contribution in [0.3, 0.4) is 0 Å². The summed E-state index contributed by atoms with van der Waals surface area (Å²) in [6.07, 6.45) is 4.52. The van der Waals surface area contributed by atoms with Gasteiger partial charge in [0.25, 0.3) is 5.56 Å². The summed E-state index contributed by atoms with van der Waals surface area (Å²) in [6.45, 7) is 1.83. The fourth-order valence-electron chi connectivity index (χ4n) is 4.85. The molecule has 5 aromatic rings. The summed E-state index contributed by atoms with van der Waals surface area (Å²) in [5.74, 6) is 0.513. The number of aromatic hydroxyl groups is 1. The van der Waals surface area contributed by atoms with E-state index in [4.69, 9.17) is 0 Å². The minimum atomic E-state index is -0.204. The quantitative estimate of drug-likeness (QED) is 0.175. The van der Waals surface area contributed by atoms with Crippen LogP contribution in [0, 0.1) is 6.92 Å². The van der Waals surface area contributed by atoms with Crippen molar-refractivity contribution in [1.82, 2.24) is 30.4 Å². The predicted octanol–water partition coefficient (Wildman–Crippen LogP) is 4.34. The summed E-state index contributed by atoms with van der Waals surface area (Å²) in [6, 6.07) is 19.1. The fourth-order valence-corrected chi connectivity index (χ4v) is 4.85. The van der Waals surface area contributed by atoms with Crippen LogP contribution in [0.4, 0.5) is 11.4 Å². The minimum absolute atomic E-state index is 0.0449. The summed E-state index contributed by atoms with van der Waals surface area (Å²) in [5, 5.41) is 28.3. The number of nitrogens with one attached hydrogen (secondary N) is 4. The van der Waals surface area contributed by atoms with E-state index in [1.54, 1.807) is 10.7 Å². The third kappa shape index (κ3) is 4.22. The average molecular weight is 495 g/mol. The third-order valence-electron chi connectivity index (χ3n) is 6.80. The van der Waals surface area contributed by atoms with Gasteiger partial charge in [-0.1, -0.05) is 36.4 Å². The van der Waals surface area contributed by atoms with Gasteiger partial charge < -0.3 is 5.11 Å². The average Bonchev–Trinajstić information content (AvgIpc) is 3.56. The number of hydrogen-bond donors (Lipinski definition) is 5. The van der Waals surface area contributed by atoms with Crippen LogP contribution in [-0.4, -0.2) is 35.5 Å². The molecule has 0 saturated heterocycles. The number of rotatable bonds is 6. The largest absolute Gasteiger partial charge is 0.505 e. The molecule has 0 bridgehead atoms. The standard InChI is InChI=1S/C27H26N8O2/c1-16-24(27(37)35(32-16)21-13-12-17-6-2-3-7-18(17)15-21)29-28-23-11-5-10-22(25(23)36)19-8-4-9-20(14-19)26-30-33-34-31-26/h4-5,8-15,28-29,32,36H,2-3,6-7H2,1H3,(H,30,31,33,34). The Balaban J connectivity index is 1.26. The Morgan fingerprint density at radius 2 is 1.76 bits per heavy atom. The van der Waals surface area contributed by atoms with Gasteiger partial charge in [-0.15, -0.1) is 10.2 Å². The molecule has 2 heterocycles. The van der Waals surface area contributed by atoms with Gasteiger partial charge in [-0.2, -0.15) is 5.21 Å². The number of aromatic amines is 2. The number of benzene rings is 3. The van der Waals surface area contributed by atoms with E-state index in [-0.39, 0.29) is 11.3 Å². The molecular weight excluding hydrogens is 468 g/mol. The summed E-state index contributed by atoms with van der Waals surface area (Å²) < 4.78 is 1.55. The number of nitrogens with zero attached hydrogens (tertiary/aromatic N) is 4. The minimum Gasteiger partial charge on any atom is -0.505 e. The number of aryl methyl sites for hydroxylation is 3. The van der Waals surface area contributed by atoms with Crippen molar-refractivity contribution in [3.8, 4) is 34.0 Å². The smallest absolute Gasteiger partial charge is 0.296 e. The normalized spacial score (nSPS) is 12.8. The molecule has 1 aliphatic carbocycles. The molecule has 10 nitrogen and oxygen atoms in total. The number of tetrazole rings is 1. The van der Waals surface area contributed by atoms with Crippen LogP contribution < -0.4 is 16.4 Å². The van der Waals surface area contributed by atoms with Crippen molar-refractivity contribution in [3.63, 3.8) is 0 Å². The molecular formula is C27H26N8O2. The molecule has 0 fully saturated rings. The Bertz CT molecular complexity index is 1630. The molecule has 0 spiro atoms. The number of hydrazine groups is 1. The van der Waals surface area contributed by atoms with Gasteiger partial charge in [0.1, 0.15) is 11.4 Å². The molecule has 0 aliphatic heterocycles. The highest BCUT2D eigenvalue weighted by Gasteiger charge is 2.16. The van der Waals surface area contributed by atoms with Crippen LogP contribution in [0.2, 0.25) is 0 Å². The lowest BCUT2D eigenvalue weighted by molar-refractivity contribution is 0.479. The molecule has 0 amide bonds. The van der Waals surface area contributed by atoms with Crippen molar-refractivity contribution < 1.29 is 5.11 Å². The Labute approximate surface area is 212 Å². The first-order valence-corrected chi connectivity index (χ1v) is 12.2. The summed E-state index contributed by atoms with van der Waals surface area (Å²) in [5.41, 5.74) is 12.9. The second-order valence-electron chi connectivity index (χ2n) is 9.18. The van der Waals surface area contributed by atoms with Crippen LogP contribution in [0.15, 0.2) is 65.5 Å². The van der Waals surface area contributed by atoms with Crippen LogP contribution in [0.1, 0.15) is 29.7 Å². The molecule has 0 saturated carbocycles. The molecule has 186 valence electrons. The van der Waals surface area contributed by atoms with E-state index in [1.807, 2.05) is 49.4 Å². The second kappa shape index (κ2) is 9.30. The van der Waals surface area contributed by atoms with Gasteiger partial charge in [-0.25, -0.2) is 4.68 Å². The molecule has 3 aromatic carbocycles. The number of anilines is 2. The molecule has 2 aromatic heterocycles. The topological polar surface area (TPSA) is 137 Å². The van der Waals surface area contributed by atoms with Crippen molar-refractivity contribution in [3.05, 3.63) is 87.8 Å². The molecule has 10 heteroatoms. The van der Waals surface area contributed by atoms with E-state index in [1.165, 1.54) is 24.0 Å². The van der Waals surface area contributed by atoms with E-state index in [9.17, 15) is 9.90 Å². The molecule has 1 aliphatic rings. The molecule has 0 atom stereocenters. The van der Waals surface area contributed by atoms with E-state index in [0.29, 0.717) is 28.5 Å². The van der Waals surface area contributed by atoms with Gasteiger partial charge in [0.2, 0.25) is 5.82 Å².